The Morgan fingerprint density at radius 1 is 1.77 bits per heavy atom. The number of nitrogens with one attached hydrogen (secondary N) is 1. The molecular weight excluding hydrogens is 170 g/mol. The number of hydrogen-bond acceptors (Lipinski definition) is 4. The highest BCUT2D eigenvalue weighted by atomic mass is 16.5. The molecule has 0 unspecified atom stereocenters. The summed E-state index contributed by atoms with van der Waals surface area (Å²) in [4.78, 5) is 11.5. The first kappa shape index (κ1) is 10.5. The third-order valence-corrected chi connectivity index (χ3v) is 2.64. The van der Waals surface area contributed by atoms with E-state index in [4.69, 9.17) is 4.74 Å². The van der Waals surface area contributed by atoms with Crippen LogP contribution >= 0.6 is 0 Å². The van der Waals surface area contributed by atoms with E-state index in [9.17, 15) is 9.90 Å². The number of esters is 1. The molecule has 1 fully saturated rings. The van der Waals surface area contributed by atoms with E-state index in [2.05, 4.69) is 5.32 Å². The van der Waals surface area contributed by atoms with Crippen LogP contribution in [0.1, 0.15) is 20.3 Å². The second-order valence-electron chi connectivity index (χ2n) is 3.61. The van der Waals surface area contributed by atoms with Gasteiger partial charge in [0.15, 0.2) is 0 Å². The number of aliphatic hydroxyl groups excluding tert-OH is 1. The highest BCUT2D eigenvalue weighted by Crippen LogP contribution is 2.29. The summed E-state index contributed by atoms with van der Waals surface area (Å²) in [6.07, 6.45) is -0.00667. The number of ether oxygens (including phenoxy) is 1. The molecule has 0 saturated carbocycles. The molecule has 0 bridgehead atoms. The molecule has 13 heavy (non-hydrogen) atoms. The number of carbonyl (C=O) groups excluding carboxylic acids is 1. The number of rotatable bonds is 2. The summed E-state index contributed by atoms with van der Waals surface area (Å²) in [6, 6.07) is 0. The molecule has 4 nitrogen and oxygen atoms in total. The molecule has 0 spiro atoms. The van der Waals surface area contributed by atoms with Crippen LogP contribution < -0.4 is 5.32 Å². The first-order valence-electron chi connectivity index (χ1n) is 4.67. The van der Waals surface area contributed by atoms with Crippen molar-refractivity contribution < 1.29 is 14.6 Å². The minimum Gasteiger partial charge on any atom is -0.465 e. The summed E-state index contributed by atoms with van der Waals surface area (Å²) < 4.78 is 4.93. The van der Waals surface area contributed by atoms with Gasteiger partial charge in [-0.25, -0.2) is 0 Å². The molecule has 1 rings (SSSR count). The molecule has 1 saturated heterocycles. The molecule has 1 heterocycles. The lowest BCUT2D eigenvalue weighted by molar-refractivity contribution is -0.163. The summed E-state index contributed by atoms with van der Waals surface area (Å²) >= 11 is 0. The van der Waals surface area contributed by atoms with Crippen molar-refractivity contribution in [1.82, 2.24) is 5.32 Å². The van der Waals surface area contributed by atoms with Gasteiger partial charge in [-0.15, -0.1) is 0 Å². The second-order valence-corrected chi connectivity index (χ2v) is 3.61. The molecule has 0 amide bonds. The fourth-order valence-corrected chi connectivity index (χ4v) is 1.51. The lowest BCUT2D eigenvalue weighted by Gasteiger charge is -2.36. The molecule has 0 aliphatic carbocycles. The van der Waals surface area contributed by atoms with E-state index in [0.29, 0.717) is 19.6 Å². The number of carbonyl (C=O) groups is 1. The van der Waals surface area contributed by atoms with Gasteiger partial charge in [-0.1, -0.05) is 0 Å². The van der Waals surface area contributed by atoms with Gasteiger partial charge in [0.25, 0.3) is 0 Å². The normalized spacial score (nSPS) is 34.2. The van der Waals surface area contributed by atoms with Crippen LogP contribution in [0.3, 0.4) is 0 Å². The van der Waals surface area contributed by atoms with Gasteiger partial charge in [-0.2, -0.15) is 0 Å². The zero-order valence-electron chi connectivity index (χ0n) is 8.17. The Morgan fingerprint density at radius 3 is 3.00 bits per heavy atom. The van der Waals surface area contributed by atoms with Crippen molar-refractivity contribution in [2.75, 3.05) is 19.7 Å². The largest absolute Gasteiger partial charge is 0.465 e. The maximum Gasteiger partial charge on any atom is 0.314 e. The van der Waals surface area contributed by atoms with Gasteiger partial charge in [0.2, 0.25) is 0 Å². The van der Waals surface area contributed by atoms with E-state index in [1.54, 1.807) is 13.8 Å². The SMILES string of the molecule is CCOC(=O)[C@]1(C)CCNC[C@@H]1O. The van der Waals surface area contributed by atoms with Gasteiger partial charge in [0.05, 0.1) is 18.1 Å². The van der Waals surface area contributed by atoms with Crippen LogP contribution in [0.25, 0.3) is 0 Å². The molecule has 1 aliphatic rings. The summed E-state index contributed by atoms with van der Waals surface area (Å²) in [5.41, 5.74) is -0.721. The van der Waals surface area contributed by atoms with Crippen molar-refractivity contribution in [2.45, 2.75) is 26.4 Å². The van der Waals surface area contributed by atoms with E-state index < -0.39 is 11.5 Å². The highest BCUT2D eigenvalue weighted by molar-refractivity contribution is 5.77. The maximum absolute atomic E-state index is 11.5. The van der Waals surface area contributed by atoms with Crippen molar-refractivity contribution in [3.8, 4) is 0 Å². The van der Waals surface area contributed by atoms with Crippen LogP contribution in [0.4, 0.5) is 0 Å². The van der Waals surface area contributed by atoms with Crippen molar-refractivity contribution >= 4 is 5.97 Å². The van der Waals surface area contributed by atoms with E-state index in [1.807, 2.05) is 0 Å². The van der Waals surface area contributed by atoms with Crippen LogP contribution in [-0.4, -0.2) is 36.9 Å². The van der Waals surface area contributed by atoms with Crippen LogP contribution in [0, 0.1) is 5.41 Å². The molecule has 1 aliphatic heterocycles. The third kappa shape index (κ3) is 2.00. The topological polar surface area (TPSA) is 58.6 Å². The lowest BCUT2D eigenvalue weighted by Crippen LogP contribution is -2.52. The van der Waals surface area contributed by atoms with Crippen molar-refractivity contribution in [3.05, 3.63) is 0 Å². The van der Waals surface area contributed by atoms with Gasteiger partial charge in [-0.05, 0) is 26.8 Å². The lowest BCUT2D eigenvalue weighted by atomic mass is 9.78. The predicted octanol–water partition coefficient (Wildman–Crippen LogP) is -0.0900. The summed E-state index contributed by atoms with van der Waals surface area (Å²) in [5.74, 6) is -0.288. The molecule has 4 heteroatoms. The number of β-amino-alcohol motifs (C(OH)–C–C–N with tert-alkyl or cyclic N) is 1. The van der Waals surface area contributed by atoms with Crippen LogP contribution in [-0.2, 0) is 9.53 Å². The van der Waals surface area contributed by atoms with Gasteiger partial charge >= 0.3 is 5.97 Å². The first-order valence-corrected chi connectivity index (χ1v) is 4.67. The first-order chi connectivity index (χ1) is 6.11. The Hall–Kier alpha value is -0.610. The van der Waals surface area contributed by atoms with Gasteiger partial charge in [0.1, 0.15) is 0 Å². The van der Waals surface area contributed by atoms with Crippen molar-refractivity contribution in [3.63, 3.8) is 0 Å². The van der Waals surface area contributed by atoms with Crippen LogP contribution in [0.2, 0.25) is 0 Å². The van der Waals surface area contributed by atoms with E-state index in [0.717, 1.165) is 6.54 Å². The number of aliphatic hydroxyl groups is 1. The van der Waals surface area contributed by atoms with Gasteiger partial charge in [-0.3, -0.25) is 4.79 Å². The zero-order chi connectivity index (χ0) is 9.90. The van der Waals surface area contributed by atoms with E-state index in [1.165, 1.54) is 0 Å². The van der Waals surface area contributed by atoms with E-state index >= 15 is 0 Å². The fraction of sp³-hybridized carbons (Fsp3) is 0.889. The standard InChI is InChI=1S/C9H17NO3/c1-3-13-8(12)9(2)4-5-10-6-7(9)11/h7,10-11H,3-6H2,1-2H3/t7-,9+/m0/s1. The Labute approximate surface area is 78.3 Å². The van der Waals surface area contributed by atoms with Crippen LogP contribution in [0.5, 0.6) is 0 Å². The maximum atomic E-state index is 11.5. The molecular formula is C9H17NO3. The minimum atomic E-state index is -0.721. The predicted molar refractivity (Wildman–Crippen MR) is 48.2 cm³/mol. The summed E-state index contributed by atoms with van der Waals surface area (Å²) in [6.45, 7) is 5.13. The van der Waals surface area contributed by atoms with Crippen LogP contribution in [0.15, 0.2) is 0 Å². The quantitative estimate of drug-likeness (QED) is 0.593. The third-order valence-electron chi connectivity index (χ3n) is 2.64. The Kier molecular flexibility index (Phi) is 3.27. The van der Waals surface area contributed by atoms with E-state index in [-0.39, 0.29) is 5.97 Å². The molecule has 0 aromatic heterocycles. The van der Waals surface area contributed by atoms with Gasteiger partial charge in [0, 0.05) is 6.54 Å². The fourth-order valence-electron chi connectivity index (χ4n) is 1.51. The highest BCUT2D eigenvalue weighted by Gasteiger charge is 2.43. The van der Waals surface area contributed by atoms with Crippen molar-refractivity contribution in [1.29, 1.82) is 0 Å². The molecule has 0 aromatic carbocycles. The number of hydrogen-bond donors (Lipinski definition) is 2. The average molecular weight is 187 g/mol. The molecule has 76 valence electrons. The molecule has 2 N–H and O–H groups in total. The second kappa shape index (κ2) is 4.07. The Morgan fingerprint density at radius 2 is 2.46 bits per heavy atom. The molecule has 2 atom stereocenters. The summed E-state index contributed by atoms with van der Waals surface area (Å²) in [7, 11) is 0. The Bertz CT molecular complexity index is 195. The number of piperidine rings is 1. The smallest absolute Gasteiger partial charge is 0.314 e. The Balaban J connectivity index is 2.65. The van der Waals surface area contributed by atoms with Gasteiger partial charge < -0.3 is 15.2 Å². The minimum absolute atomic E-state index is 0.288. The summed E-state index contributed by atoms with van der Waals surface area (Å²) in [5, 5.41) is 12.7. The monoisotopic (exact) mass is 187 g/mol. The zero-order valence-corrected chi connectivity index (χ0v) is 8.17. The van der Waals surface area contributed by atoms with Crippen molar-refractivity contribution in [2.24, 2.45) is 5.41 Å². The molecule has 0 radical (unpaired) electrons. The molecule has 0 aromatic rings. The average Bonchev–Trinajstić information content (AvgIpc) is 2.11.